The lowest BCUT2D eigenvalue weighted by Gasteiger charge is -2.22. The SMILES string of the molecule is Cc1c(N)nc(C(C)C)nc1NC1CCC(C)C1C. The van der Waals surface area contributed by atoms with Crippen molar-refractivity contribution >= 4 is 11.6 Å². The van der Waals surface area contributed by atoms with Gasteiger partial charge in [0, 0.05) is 17.5 Å². The third-order valence-corrected chi connectivity index (χ3v) is 4.50. The minimum absolute atomic E-state index is 0.295. The number of hydrogen-bond donors (Lipinski definition) is 2. The van der Waals surface area contributed by atoms with E-state index < -0.39 is 0 Å². The van der Waals surface area contributed by atoms with Gasteiger partial charge in [-0.15, -0.1) is 0 Å². The molecule has 0 radical (unpaired) electrons. The van der Waals surface area contributed by atoms with Crippen LogP contribution in [0, 0.1) is 18.8 Å². The van der Waals surface area contributed by atoms with E-state index in [0.29, 0.717) is 23.7 Å². The molecular weight excluding hydrogens is 236 g/mol. The van der Waals surface area contributed by atoms with Crippen molar-refractivity contribution in [2.75, 3.05) is 11.1 Å². The van der Waals surface area contributed by atoms with E-state index in [4.69, 9.17) is 5.73 Å². The molecule has 1 saturated carbocycles. The van der Waals surface area contributed by atoms with Crippen molar-refractivity contribution in [1.29, 1.82) is 0 Å². The van der Waals surface area contributed by atoms with Crippen molar-refractivity contribution in [3.63, 3.8) is 0 Å². The predicted octanol–water partition coefficient (Wildman–Crippen LogP) is 3.34. The van der Waals surface area contributed by atoms with Gasteiger partial charge >= 0.3 is 0 Å². The molecule has 1 aromatic heterocycles. The molecule has 2 rings (SSSR count). The van der Waals surface area contributed by atoms with Gasteiger partial charge in [0.2, 0.25) is 0 Å². The Hall–Kier alpha value is -1.32. The van der Waals surface area contributed by atoms with Crippen LogP contribution in [0.25, 0.3) is 0 Å². The van der Waals surface area contributed by atoms with Gasteiger partial charge in [-0.1, -0.05) is 27.7 Å². The molecule has 19 heavy (non-hydrogen) atoms. The molecule has 3 N–H and O–H groups in total. The van der Waals surface area contributed by atoms with E-state index >= 15 is 0 Å². The Balaban J connectivity index is 2.24. The van der Waals surface area contributed by atoms with Crippen LogP contribution < -0.4 is 11.1 Å². The molecular formula is C15H26N4. The first-order chi connectivity index (χ1) is 8.90. The molecule has 106 valence electrons. The number of rotatable bonds is 3. The first kappa shape index (κ1) is 14.1. The van der Waals surface area contributed by atoms with E-state index in [-0.39, 0.29) is 0 Å². The molecule has 1 aromatic rings. The molecule has 3 unspecified atom stereocenters. The minimum atomic E-state index is 0.295. The largest absolute Gasteiger partial charge is 0.383 e. The van der Waals surface area contributed by atoms with Crippen molar-refractivity contribution in [1.82, 2.24) is 9.97 Å². The second kappa shape index (κ2) is 5.35. The molecule has 3 atom stereocenters. The average Bonchev–Trinajstić information content (AvgIpc) is 2.66. The van der Waals surface area contributed by atoms with Gasteiger partial charge in [-0.05, 0) is 31.6 Å². The van der Waals surface area contributed by atoms with Crippen molar-refractivity contribution in [2.45, 2.75) is 59.4 Å². The maximum atomic E-state index is 6.00. The van der Waals surface area contributed by atoms with Crippen molar-refractivity contribution in [3.05, 3.63) is 11.4 Å². The molecule has 0 spiro atoms. The lowest BCUT2D eigenvalue weighted by atomic mass is 9.98. The summed E-state index contributed by atoms with van der Waals surface area (Å²) in [7, 11) is 0. The zero-order chi connectivity index (χ0) is 14.2. The third kappa shape index (κ3) is 2.82. The standard InChI is InChI=1S/C15H26N4/c1-8(2)14-18-13(16)11(5)15(19-14)17-12-7-6-9(3)10(12)4/h8-10,12H,6-7H2,1-5H3,(H3,16,17,18,19). The topological polar surface area (TPSA) is 63.8 Å². The van der Waals surface area contributed by atoms with Gasteiger partial charge in [0.25, 0.3) is 0 Å². The van der Waals surface area contributed by atoms with Crippen LogP contribution >= 0.6 is 0 Å². The van der Waals surface area contributed by atoms with Gasteiger partial charge in [0.15, 0.2) is 0 Å². The van der Waals surface area contributed by atoms with Crippen LogP contribution in [0.2, 0.25) is 0 Å². The van der Waals surface area contributed by atoms with Gasteiger partial charge in [-0.2, -0.15) is 0 Å². The molecule has 1 fully saturated rings. The van der Waals surface area contributed by atoms with E-state index in [0.717, 1.165) is 23.1 Å². The number of nitrogens with two attached hydrogens (primary N) is 1. The van der Waals surface area contributed by atoms with Gasteiger partial charge in [-0.3, -0.25) is 0 Å². The summed E-state index contributed by atoms with van der Waals surface area (Å²) in [5.74, 6) is 4.09. The first-order valence-electron chi connectivity index (χ1n) is 7.30. The number of anilines is 2. The maximum Gasteiger partial charge on any atom is 0.135 e. The van der Waals surface area contributed by atoms with Crippen LogP contribution in [0.5, 0.6) is 0 Å². The first-order valence-corrected chi connectivity index (χ1v) is 7.30. The van der Waals surface area contributed by atoms with Crippen LogP contribution in [0.4, 0.5) is 11.6 Å². The summed E-state index contributed by atoms with van der Waals surface area (Å²) >= 11 is 0. The Morgan fingerprint density at radius 1 is 1.21 bits per heavy atom. The van der Waals surface area contributed by atoms with Crippen LogP contribution in [-0.4, -0.2) is 16.0 Å². The molecule has 0 aliphatic heterocycles. The zero-order valence-electron chi connectivity index (χ0n) is 12.7. The van der Waals surface area contributed by atoms with Crippen LogP contribution in [0.15, 0.2) is 0 Å². The highest BCUT2D eigenvalue weighted by molar-refractivity contribution is 5.55. The molecule has 1 heterocycles. The molecule has 4 heteroatoms. The fraction of sp³-hybridized carbons (Fsp3) is 0.733. The van der Waals surface area contributed by atoms with Crippen molar-refractivity contribution in [3.8, 4) is 0 Å². The normalized spacial score (nSPS) is 26.9. The summed E-state index contributed by atoms with van der Waals surface area (Å²) in [5.41, 5.74) is 6.97. The number of nitrogens with one attached hydrogen (secondary N) is 1. The fourth-order valence-corrected chi connectivity index (χ4v) is 2.69. The number of nitrogens with zero attached hydrogens (tertiary/aromatic N) is 2. The van der Waals surface area contributed by atoms with Crippen LogP contribution in [0.1, 0.15) is 57.8 Å². The number of hydrogen-bond acceptors (Lipinski definition) is 4. The van der Waals surface area contributed by atoms with E-state index in [2.05, 4.69) is 43.0 Å². The number of aromatic nitrogens is 2. The molecule has 1 aliphatic carbocycles. The molecule has 0 amide bonds. The Morgan fingerprint density at radius 2 is 1.89 bits per heavy atom. The van der Waals surface area contributed by atoms with E-state index in [9.17, 15) is 0 Å². The zero-order valence-corrected chi connectivity index (χ0v) is 12.7. The molecule has 4 nitrogen and oxygen atoms in total. The second-order valence-corrected chi connectivity index (χ2v) is 6.26. The van der Waals surface area contributed by atoms with E-state index in [1.54, 1.807) is 0 Å². The Labute approximate surface area is 116 Å². The van der Waals surface area contributed by atoms with Crippen LogP contribution in [0.3, 0.4) is 0 Å². The van der Waals surface area contributed by atoms with Gasteiger partial charge < -0.3 is 11.1 Å². The molecule has 0 saturated heterocycles. The molecule has 0 bridgehead atoms. The van der Waals surface area contributed by atoms with E-state index in [1.807, 2.05) is 6.92 Å². The van der Waals surface area contributed by atoms with Crippen LogP contribution in [-0.2, 0) is 0 Å². The van der Waals surface area contributed by atoms with Gasteiger partial charge in [0.1, 0.15) is 17.5 Å². The lowest BCUT2D eigenvalue weighted by molar-refractivity contribution is 0.435. The quantitative estimate of drug-likeness (QED) is 0.877. The van der Waals surface area contributed by atoms with Gasteiger partial charge in [-0.25, -0.2) is 9.97 Å². The average molecular weight is 262 g/mol. The molecule has 1 aliphatic rings. The van der Waals surface area contributed by atoms with Crippen molar-refractivity contribution in [2.24, 2.45) is 11.8 Å². The summed E-state index contributed by atoms with van der Waals surface area (Å²) in [6.45, 7) is 10.8. The third-order valence-electron chi connectivity index (χ3n) is 4.50. The monoisotopic (exact) mass is 262 g/mol. The Kier molecular flexibility index (Phi) is 3.97. The summed E-state index contributed by atoms with van der Waals surface area (Å²) in [5, 5.41) is 3.59. The molecule has 0 aromatic carbocycles. The highest BCUT2D eigenvalue weighted by Gasteiger charge is 2.30. The summed E-state index contributed by atoms with van der Waals surface area (Å²) in [6, 6.07) is 0.503. The smallest absolute Gasteiger partial charge is 0.135 e. The predicted molar refractivity (Wildman–Crippen MR) is 80.2 cm³/mol. The summed E-state index contributed by atoms with van der Waals surface area (Å²) in [6.07, 6.45) is 2.50. The van der Waals surface area contributed by atoms with Crippen molar-refractivity contribution < 1.29 is 0 Å². The Morgan fingerprint density at radius 3 is 2.42 bits per heavy atom. The number of nitrogen functional groups attached to an aromatic ring is 1. The lowest BCUT2D eigenvalue weighted by Crippen LogP contribution is -2.25. The van der Waals surface area contributed by atoms with E-state index in [1.165, 1.54) is 12.8 Å². The minimum Gasteiger partial charge on any atom is -0.383 e. The fourth-order valence-electron chi connectivity index (χ4n) is 2.69. The van der Waals surface area contributed by atoms with Gasteiger partial charge in [0.05, 0.1) is 0 Å². The summed E-state index contributed by atoms with van der Waals surface area (Å²) < 4.78 is 0. The maximum absolute atomic E-state index is 6.00. The highest BCUT2D eigenvalue weighted by Crippen LogP contribution is 2.34. The second-order valence-electron chi connectivity index (χ2n) is 6.26. The Bertz CT molecular complexity index is 456. The highest BCUT2D eigenvalue weighted by atomic mass is 15.1. The summed E-state index contributed by atoms with van der Waals surface area (Å²) in [4.78, 5) is 9.02.